The van der Waals surface area contributed by atoms with Crippen LogP contribution in [-0.2, 0) is 9.53 Å². The number of methoxy groups -OCH3 is 1. The molecule has 0 rings (SSSR count). The molecule has 0 aromatic carbocycles. The van der Waals surface area contributed by atoms with Gasteiger partial charge in [0.1, 0.15) is 5.54 Å². The lowest BCUT2D eigenvalue weighted by atomic mass is 9.98. The first-order valence-corrected chi connectivity index (χ1v) is 3.42. The number of hydrogen-bond acceptors (Lipinski definition) is 3. The van der Waals surface area contributed by atoms with Gasteiger partial charge in [-0.25, -0.2) is 0 Å². The van der Waals surface area contributed by atoms with Crippen molar-refractivity contribution in [3.05, 3.63) is 0 Å². The molecule has 0 unspecified atom stereocenters. The molecule has 0 fully saturated rings. The maximum absolute atomic E-state index is 10.9. The maximum atomic E-state index is 10.9. The molecule has 0 saturated heterocycles. The van der Waals surface area contributed by atoms with Crippen LogP contribution >= 0.6 is 0 Å². The molecule has 0 heterocycles. The van der Waals surface area contributed by atoms with Gasteiger partial charge in [-0.2, -0.15) is 0 Å². The van der Waals surface area contributed by atoms with Gasteiger partial charge in [0.15, 0.2) is 0 Å². The fraction of sp³-hybridized carbons (Fsp3) is 0.857. The average Bonchev–Trinajstić information content (AvgIpc) is 1.86. The Morgan fingerprint density at radius 2 is 2.20 bits per heavy atom. The SMILES string of the molecule is CCC[C@](C)(N)C(=O)OC. The van der Waals surface area contributed by atoms with Crippen molar-refractivity contribution >= 4 is 5.97 Å². The summed E-state index contributed by atoms with van der Waals surface area (Å²) in [7, 11) is 1.35. The number of esters is 1. The molecule has 0 bridgehead atoms. The number of rotatable bonds is 3. The topological polar surface area (TPSA) is 52.3 Å². The zero-order chi connectivity index (χ0) is 8.20. The molecule has 0 aliphatic rings. The van der Waals surface area contributed by atoms with Crippen molar-refractivity contribution in [2.45, 2.75) is 32.2 Å². The van der Waals surface area contributed by atoms with E-state index in [2.05, 4.69) is 4.74 Å². The lowest BCUT2D eigenvalue weighted by Gasteiger charge is -2.19. The largest absolute Gasteiger partial charge is 0.468 e. The van der Waals surface area contributed by atoms with Crippen molar-refractivity contribution < 1.29 is 9.53 Å². The highest BCUT2D eigenvalue weighted by atomic mass is 16.5. The van der Waals surface area contributed by atoms with Gasteiger partial charge in [0.2, 0.25) is 0 Å². The smallest absolute Gasteiger partial charge is 0.325 e. The second kappa shape index (κ2) is 3.56. The first-order chi connectivity index (χ1) is 4.54. The predicted octanol–water partition coefficient (Wildman–Crippen LogP) is 0.677. The van der Waals surface area contributed by atoms with Gasteiger partial charge < -0.3 is 10.5 Å². The maximum Gasteiger partial charge on any atom is 0.325 e. The molecular weight excluding hydrogens is 130 g/mol. The third-order valence-corrected chi connectivity index (χ3v) is 1.42. The summed E-state index contributed by atoms with van der Waals surface area (Å²) in [5, 5.41) is 0. The highest BCUT2D eigenvalue weighted by molar-refractivity contribution is 5.79. The Hall–Kier alpha value is -0.570. The van der Waals surface area contributed by atoms with E-state index in [1.807, 2.05) is 6.92 Å². The Kier molecular flexibility index (Phi) is 3.36. The number of carbonyl (C=O) groups is 1. The molecule has 0 aromatic heterocycles. The zero-order valence-electron chi connectivity index (χ0n) is 6.81. The Morgan fingerprint density at radius 1 is 1.70 bits per heavy atom. The van der Waals surface area contributed by atoms with Crippen molar-refractivity contribution in [2.75, 3.05) is 7.11 Å². The monoisotopic (exact) mass is 145 g/mol. The molecule has 0 radical (unpaired) electrons. The van der Waals surface area contributed by atoms with Crippen molar-refractivity contribution in [1.82, 2.24) is 0 Å². The van der Waals surface area contributed by atoms with Gasteiger partial charge in [0.05, 0.1) is 7.11 Å². The Labute approximate surface area is 61.5 Å². The molecule has 60 valence electrons. The minimum Gasteiger partial charge on any atom is -0.468 e. The number of carbonyl (C=O) groups excluding carboxylic acids is 1. The van der Waals surface area contributed by atoms with Gasteiger partial charge in [0, 0.05) is 0 Å². The summed E-state index contributed by atoms with van der Waals surface area (Å²) in [4.78, 5) is 10.9. The molecule has 3 nitrogen and oxygen atoms in total. The van der Waals surface area contributed by atoms with E-state index in [9.17, 15) is 4.79 Å². The van der Waals surface area contributed by atoms with Gasteiger partial charge in [-0.3, -0.25) is 4.79 Å². The third kappa shape index (κ3) is 2.35. The minimum atomic E-state index is -0.802. The lowest BCUT2D eigenvalue weighted by molar-refractivity contribution is -0.146. The quantitative estimate of drug-likeness (QED) is 0.594. The first kappa shape index (κ1) is 9.43. The Morgan fingerprint density at radius 3 is 2.50 bits per heavy atom. The summed E-state index contributed by atoms with van der Waals surface area (Å²) < 4.78 is 4.50. The number of hydrogen-bond donors (Lipinski definition) is 1. The number of nitrogens with two attached hydrogens (primary N) is 1. The van der Waals surface area contributed by atoms with Crippen LogP contribution in [0.4, 0.5) is 0 Å². The normalized spacial score (nSPS) is 16.0. The fourth-order valence-corrected chi connectivity index (χ4v) is 0.855. The molecule has 0 saturated carbocycles. The van der Waals surface area contributed by atoms with Gasteiger partial charge in [-0.1, -0.05) is 13.3 Å². The fourth-order valence-electron chi connectivity index (χ4n) is 0.855. The van der Waals surface area contributed by atoms with E-state index in [1.54, 1.807) is 6.92 Å². The first-order valence-electron chi connectivity index (χ1n) is 3.42. The van der Waals surface area contributed by atoms with Crippen LogP contribution in [-0.4, -0.2) is 18.6 Å². The highest BCUT2D eigenvalue weighted by Crippen LogP contribution is 2.09. The molecular formula is C7H15NO2. The second-order valence-electron chi connectivity index (χ2n) is 2.66. The van der Waals surface area contributed by atoms with E-state index in [0.717, 1.165) is 6.42 Å². The van der Waals surface area contributed by atoms with Crippen LogP contribution < -0.4 is 5.73 Å². The zero-order valence-corrected chi connectivity index (χ0v) is 6.81. The molecule has 0 aliphatic carbocycles. The Balaban J connectivity index is 3.96. The molecule has 0 spiro atoms. The van der Waals surface area contributed by atoms with Crippen LogP contribution in [0.3, 0.4) is 0 Å². The predicted molar refractivity (Wildman–Crippen MR) is 39.5 cm³/mol. The summed E-state index contributed by atoms with van der Waals surface area (Å²) in [5.41, 5.74) is 4.80. The van der Waals surface area contributed by atoms with E-state index < -0.39 is 5.54 Å². The van der Waals surface area contributed by atoms with Crippen molar-refractivity contribution in [1.29, 1.82) is 0 Å². The van der Waals surface area contributed by atoms with Crippen LogP contribution in [0.15, 0.2) is 0 Å². The third-order valence-electron chi connectivity index (χ3n) is 1.42. The van der Waals surface area contributed by atoms with Crippen LogP contribution in [0.2, 0.25) is 0 Å². The summed E-state index contributed by atoms with van der Waals surface area (Å²) in [6, 6.07) is 0. The summed E-state index contributed by atoms with van der Waals surface area (Å²) in [5.74, 6) is -0.339. The molecule has 0 aliphatic heterocycles. The molecule has 10 heavy (non-hydrogen) atoms. The van der Waals surface area contributed by atoms with Gasteiger partial charge in [-0.15, -0.1) is 0 Å². The second-order valence-corrected chi connectivity index (χ2v) is 2.66. The Bertz CT molecular complexity index is 121. The molecule has 0 aromatic rings. The van der Waals surface area contributed by atoms with Crippen molar-refractivity contribution in [2.24, 2.45) is 5.73 Å². The van der Waals surface area contributed by atoms with Crippen LogP contribution in [0.1, 0.15) is 26.7 Å². The van der Waals surface area contributed by atoms with E-state index in [-0.39, 0.29) is 5.97 Å². The summed E-state index contributed by atoms with van der Waals surface area (Å²) in [6.07, 6.45) is 1.56. The van der Waals surface area contributed by atoms with E-state index >= 15 is 0 Å². The van der Waals surface area contributed by atoms with Gasteiger partial charge in [0.25, 0.3) is 0 Å². The number of ether oxygens (including phenoxy) is 1. The highest BCUT2D eigenvalue weighted by Gasteiger charge is 2.27. The molecule has 2 N–H and O–H groups in total. The van der Waals surface area contributed by atoms with Gasteiger partial charge >= 0.3 is 5.97 Å². The summed E-state index contributed by atoms with van der Waals surface area (Å²) >= 11 is 0. The van der Waals surface area contributed by atoms with Crippen LogP contribution in [0.25, 0.3) is 0 Å². The van der Waals surface area contributed by atoms with Crippen molar-refractivity contribution in [3.8, 4) is 0 Å². The van der Waals surface area contributed by atoms with E-state index in [0.29, 0.717) is 6.42 Å². The van der Waals surface area contributed by atoms with Crippen molar-refractivity contribution in [3.63, 3.8) is 0 Å². The molecule has 3 heteroatoms. The standard InChI is InChI=1S/C7H15NO2/c1-4-5-7(2,8)6(9)10-3/h4-5,8H2,1-3H3/t7-/m0/s1. The summed E-state index contributed by atoms with van der Waals surface area (Å²) in [6.45, 7) is 3.66. The lowest BCUT2D eigenvalue weighted by Crippen LogP contribution is -2.45. The van der Waals surface area contributed by atoms with Crippen LogP contribution in [0, 0.1) is 0 Å². The average molecular weight is 145 g/mol. The van der Waals surface area contributed by atoms with Gasteiger partial charge in [-0.05, 0) is 13.3 Å². The molecule has 0 amide bonds. The van der Waals surface area contributed by atoms with E-state index in [1.165, 1.54) is 7.11 Å². The minimum absolute atomic E-state index is 0.339. The molecule has 1 atom stereocenters. The van der Waals surface area contributed by atoms with Crippen LogP contribution in [0.5, 0.6) is 0 Å². The van der Waals surface area contributed by atoms with E-state index in [4.69, 9.17) is 5.73 Å².